The van der Waals surface area contributed by atoms with Gasteiger partial charge in [0.05, 0.1) is 26.4 Å². The molecule has 0 rings (SSSR count). The van der Waals surface area contributed by atoms with E-state index in [-0.39, 0.29) is 25.7 Å². The van der Waals surface area contributed by atoms with Crippen molar-refractivity contribution in [1.82, 2.24) is 0 Å². The number of carbonyl (C=O) groups is 4. The number of hydrogen-bond donors (Lipinski definition) is 3. The van der Waals surface area contributed by atoms with Crippen molar-refractivity contribution in [2.24, 2.45) is 5.92 Å². The van der Waals surface area contributed by atoms with E-state index in [2.05, 4.69) is 58.9 Å². The normalized spacial score (nSPS) is 14.3. The third kappa shape index (κ3) is 72.3. The van der Waals surface area contributed by atoms with Gasteiger partial charge in [0.1, 0.15) is 19.3 Å². The first kappa shape index (κ1) is 96.5. The van der Waals surface area contributed by atoms with Crippen LogP contribution in [0.25, 0.3) is 0 Å². The zero-order valence-electron chi connectivity index (χ0n) is 64.1. The summed E-state index contributed by atoms with van der Waals surface area (Å²) < 4.78 is 68.6. The van der Waals surface area contributed by atoms with Gasteiger partial charge in [0, 0.05) is 25.7 Å². The minimum absolute atomic E-state index is 0.0854. The highest BCUT2D eigenvalue weighted by Crippen LogP contribution is 2.45. The molecule has 0 fully saturated rings. The number of carbonyl (C=O) groups excluding carboxylic acids is 4. The van der Waals surface area contributed by atoms with E-state index in [1.807, 2.05) is 0 Å². The molecular weight excluding hydrogens is 1290 g/mol. The quantitative estimate of drug-likeness (QED) is 0.0169. The Labute approximate surface area is 605 Å². The molecule has 0 aromatic rings. The van der Waals surface area contributed by atoms with Gasteiger partial charge in [-0.1, -0.05) is 348 Å². The third-order valence-electron chi connectivity index (χ3n) is 18.5. The highest BCUT2D eigenvalue weighted by Gasteiger charge is 2.30. The lowest BCUT2D eigenvalue weighted by atomic mass is 9.99. The van der Waals surface area contributed by atoms with E-state index in [0.29, 0.717) is 25.7 Å². The molecule has 0 amide bonds. The van der Waals surface area contributed by atoms with Gasteiger partial charge in [-0.05, 0) is 57.3 Å². The zero-order valence-corrected chi connectivity index (χ0v) is 65.9. The fourth-order valence-corrected chi connectivity index (χ4v) is 13.4. The van der Waals surface area contributed by atoms with E-state index in [4.69, 9.17) is 37.0 Å². The Morgan fingerprint density at radius 1 is 0.323 bits per heavy atom. The lowest BCUT2D eigenvalue weighted by molar-refractivity contribution is -0.161. The zero-order chi connectivity index (χ0) is 72.7. The summed E-state index contributed by atoms with van der Waals surface area (Å²) in [6.45, 7) is 7.29. The molecule has 0 bridgehead atoms. The number of phosphoric acid groups is 2. The van der Waals surface area contributed by atoms with E-state index in [9.17, 15) is 43.2 Å². The van der Waals surface area contributed by atoms with Crippen LogP contribution in [-0.2, 0) is 65.4 Å². The predicted octanol–water partition coefficient (Wildman–Crippen LogP) is 23.6. The van der Waals surface area contributed by atoms with Gasteiger partial charge >= 0.3 is 39.5 Å². The second kappa shape index (κ2) is 72.5. The van der Waals surface area contributed by atoms with Crippen molar-refractivity contribution < 1.29 is 80.2 Å². The molecule has 0 aliphatic heterocycles. The van der Waals surface area contributed by atoms with Crippen LogP contribution in [0.1, 0.15) is 401 Å². The van der Waals surface area contributed by atoms with Gasteiger partial charge in [-0.2, -0.15) is 0 Å². The van der Waals surface area contributed by atoms with Gasteiger partial charge in [-0.3, -0.25) is 37.3 Å². The average molecular weight is 1450 g/mol. The molecule has 584 valence electrons. The number of hydrogen-bond acceptors (Lipinski definition) is 15. The number of aliphatic hydroxyl groups excluding tert-OH is 1. The Morgan fingerprint density at radius 2 is 0.566 bits per heavy atom. The van der Waals surface area contributed by atoms with Crippen LogP contribution in [0.15, 0.2) is 24.3 Å². The summed E-state index contributed by atoms with van der Waals surface area (Å²) in [6.07, 6.45) is 65.9. The van der Waals surface area contributed by atoms with Crippen LogP contribution in [0.2, 0.25) is 0 Å². The van der Waals surface area contributed by atoms with Gasteiger partial charge in [-0.25, -0.2) is 9.13 Å². The summed E-state index contributed by atoms with van der Waals surface area (Å²) in [5.41, 5.74) is 0. The number of phosphoric ester groups is 2. The first-order chi connectivity index (χ1) is 48.1. The molecule has 0 saturated heterocycles. The van der Waals surface area contributed by atoms with Crippen molar-refractivity contribution in [2.75, 3.05) is 39.6 Å². The molecule has 6 atom stereocenters. The molecule has 0 aliphatic rings. The molecule has 99 heavy (non-hydrogen) atoms. The number of ether oxygens (including phenoxy) is 4. The maximum absolute atomic E-state index is 13.1. The minimum Gasteiger partial charge on any atom is -0.462 e. The lowest BCUT2D eigenvalue weighted by Gasteiger charge is -2.21. The van der Waals surface area contributed by atoms with Gasteiger partial charge in [0.25, 0.3) is 0 Å². The number of aliphatic hydroxyl groups is 1. The van der Waals surface area contributed by atoms with E-state index < -0.39 is 97.5 Å². The van der Waals surface area contributed by atoms with Crippen molar-refractivity contribution in [3.63, 3.8) is 0 Å². The molecule has 0 aromatic carbocycles. The lowest BCUT2D eigenvalue weighted by Crippen LogP contribution is -2.30. The second-order valence-electron chi connectivity index (χ2n) is 28.4. The maximum Gasteiger partial charge on any atom is 0.472 e. The van der Waals surface area contributed by atoms with Crippen molar-refractivity contribution in [3.8, 4) is 0 Å². The molecule has 0 aliphatic carbocycles. The standard InChI is InChI=1S/C80H152O17P2/c1-6-10-13-16-19-22-24-26-28-29-31-35-39-44-49-54-59-64-78(83)91-70-76(97-80(85)66-61-56-51-46-41-37-33-32-34-38-43-47-52-57-62-73(5)9-4)72-95-99(88,89)93-68-74(81)67-92-98(86,87)94-71-75(69-90-77(82)63-58-53-48-42-21-18-15-12-8-3)96-79(84)65-60-55-50-45-40-36-30-27-25-23-20-17-14-11-7-2/h23,25,27,30,73-76,81H,6-22,24,26,28-29,31-72H2,1-5H3,(H,86,87)(H,88,89)/b25-23-,30-27-/t73?,74-,75+,76+/m0/s1. The number of allylic oxidation sites excluding steroid dienone is 4. The summed E-state index contributed by atoms with van der Waals surface area (Å²) in [5.74, 6) is -1.29. The first-order valence-electron chi connectivity index (χ1n) is 41.0. The summed E-state index contributed by atoms with van der Waals surface area (Å²) in [7, 11) is -9.93. The molecule has 17 nitrogen and oxygen atoms in total. The van der Waals surface area contributed by atoms with E-state index in [1.54, 1.807) is 0 Å². The van der Waals surface area contributed by atoms with Crippen LogP contribution in [0.3, 0.4) is 0 Å². The second-order valence-corrected chi connectivity index (χ2v) is 31.3. The number of rotatable bonds is 78. The predicted molar refractivity (Wildman–Crippen MR) is 404 cm³/mol. The molecular formula is C80H152O17P2. The van der Waals surface area contributed by atoms with Crippen molar-refractivity contribution in [3.05, 3.63) is 24.3 Å². The van der Waals surface area contributed by atoms with Crippen LogP contribution in [0, 0.1) is 5.92 Å². The molecule has 3 unspecified atom stereocenters. The topological polar surface area (TPSA) is 237 Å². The van der Waals surface area contributed by atoms with Crippen molar-refractivity contribution in [1.29, 1.82) is 0 Å². The summed E-state index contributed by atoms with van der Waals surface area (Å²) in [6, 6.07) is 0. The van der Waals surface area contributed by atoms with Crippen molar-refractivity contribution >= 4 is 39.5 Å². The van der Waals surface area contributed by atoms with Crippen LogP contribution >= 0.6 is 15.6 Å². The number of esters is 4. The molecule has 0 saturated carbocycles. The fourth-order valence-electron chi connectivity index (χ4n) is 11.8. The summed E-state index contributed by atoms with van der Waals surface area (Å²) in [5, 5.41) is 10.6. The van der Waals surface area contributed by atoms with Crippen LogP contribution in [0.4, 0.5) is 0 Å². The summed E-state index contributed by atoms with van der Waals surface area (Å²) >= 11 is 0. The molecule has 0 heterocycles. The van der Waals surface area contributed by atoms with Crippen LogP contribution in [0.5, 0.6) is 0 Å². The smallest absolute Gasteiger partial charge is 0.462 e. The van der Waals surface area contributed by atoms with E-state index >= 15 is 0 Å². The number of unbranched alkanes of at least 4 members (excludes halogenated alkanes) is 46. The molecule has 0 aromatic heterocycles. The Morgan fingerprint density at radius 3 is 0.859 bits per heavy atom. The van der Waals surface area contributed by atoms with E-state index in [1.165, 1.54) is 212 Å². The largest absolute Gasteiger partial charge is 0.472 e. The SMILES string of the molecule is CCCCCC/C=C\C=C/CCCCCCCC(=O)O[C@H](COC(=O)CCCCCCCCCCC)COP(=O)(O)OC[C@H](O)COP(=O)(O)OC[C@@H](COC(=O)CCCCCCCCCCCCCCCCCCC)OC(=O)CCCCCCCCCCCCCCCCC(C)CC. The van der Waals surface area contributed by atoms with E-state index in [0.717, 1.165) is 109 Å². The Bertz CT molecular complexity index is 1990. The Balaban J connectivity index is 5.26. The fraction of sp³-hybridized carbons (Fsp3) is 0.900. The maximum atomic E-state index is 13.1. The van der Waals surface area contributed by atoms with Gasteiger partial charge in [0.2, 0.25) is 0 Å². The average Bonchev–Trinajstić information content (AvgIpc) is 1.12. The van der Waals surface area contributed by atoms with Gasteiger partial charge < -0.3 is 33.8 Å². The van der Waals surface area contributed by atoms with Gasteiger partial charge in [0.15, 0.2) is 12.2 Å². The highest BCUT2D eigenvalue weighted by molar-refractivity contribution is 7.47. The van der Waals surface area contributed by atoms with Crippen LogP contribution in [-0.4, -0.2) is 96.7 Å². The van der Waals surface area contributed by atoms with Crippen molar-refractivity contribution in [2.45, 2.75) is 419 Å². The molecule has 0 spiro atoms. The van der Waals surface area contributed by atoms with Gasteiger partial charge in [-0.15, -0.1) is 0 Å². The Hall–Kier alpha value is -2.46. The van der Waals surface area contributed by atoms with Crippen LogP contribution < -0.4 is 0 Å². The monoisotopic (exact) mass is 1450 g/mol. The highest BCUT2D eigenvalue weighted by atomic mass is 31.2. The first-order valence-corrected chi connectivity index (χ1v) is 44.0. The minimum atomic E-state index is -4.96. The molecule has 0 radical (unpaired) electrons. The Kier molecular flexibility index (Phi) is 70.7. The third-order valence-corrected chi connectivity index (χ3v) is 20.4. The summed E-state index contributed by atoms with van der Waals surface area (Å²) in [4.78, 5) is 72.9. The molecule has 3 N–H and O–H groups in total. The molecule has 19 heteroatoms.